The second-order valence-electron chi connectivity index (χ2n) is 4.99. The van der Waals surface area contributed by atoms with Gasteiger partial charge in [0.2, 0.25) is 0 Å². The molecule has 0 amide bonds. The molecule has 0 aromatic heterocycles. The Bertz CT molecular complexity index is 326. The van der Waals surface area contributed by atoms with Crippen LogP contribution in [0.25, 0.3) is 0 Å². The number of unbranched alkanes of at least 4 members (excludes halogenated alkanes) is 4. The highest BCUT2D eigenvalue weighted by atomic mass is 16.7. The molecule has 3 heteroatoms. The molecule has 1 aromatic rings. The summed E-state index contributed by atoms with van der Waals surface area (Å²) >= 11 is 0. The summed E-state index contributed by atoms with van der Waals surface area (Å²) in [5, 5.41) is 0. The first-order valence-corrected chi connectivity index (χ1v) is 8.19. The number of rotatable bonds is 13. The van der Waals surface area contributed by atoms with Gasteiger partial charge >= 0.3 is 0 Å². The van der Waals surface area contributed by atoms with E-state index in [0.717, 1.165) is 31.8 Å². The molecule has 0 aliphatic rings. The van der Waals surface area contributed by atoms with Gasteiger partial charge in [-0.15, -0.1) is 0 Å². The highest BCUT2D eigenvalue weighted by molar-refractivity contribution is 5.20. The van der Waals surface area contributed by atoms with Crippen molar-refractivity contribution in [3.05, 3.63) is 30.3 Å². The molecule has 1 unspecified atom stereocenters. The van der Waals surface area contributed by atoms with Gasteiger partial charge in [0.05, 0.1) is 0 Å². The predicted octanol–water partition coefficient (Wildman–Crippen LogP) is 4.61. The van der Waals surface area contributed by atoms with E-state index in [2.05, 4.69) is 6.07 Å². The summed E-state index contributed by atoms with van der Waals surface area (Å²) in [4.78, 5) is 0. The van der Waals surface area contributed by atoms with Crippen LogP contribution in [-0.4, -0.2) is 26.1 Å². The van der Waals surface area contributed by atoms with Crippen LogP contribution in [0.15, 0.2) is 24.3 Å². The summed E-state index contributed by atoms with van der Waals surface area (Å²) in [7, 11) is 0. The van der Waals surface area contributed by atoms with E-state index in [1.165, 1.54) is 25.7 Å². The van der Waals surface area contributed by atoms with Gasteiger partial charge < -0.3 is 14.2 Å². The molecule has 1 radical (unpaired) electrons. The van der Waals surface area contributed by atoms with E-state index >= 15 is 0 Å². The summed E-state index contributed by atoms with van der Waals surface area (Å²) in [6.45, 7) is 6.44. The van der Waals surface area contributed by atoms with Crippen LogP contribution in [0.1, 0.15) is 52.4 Å². The molecule has 0 saturated heterocycles. The highest BCUT2D eigenvalue weighted by Crippen LogP contribution is 2.16. The maximum absolute atomic E-state index is 5.85. The molecule has 0 fully saturated rings. The van der Waals surface area contributed by atoms with Gasteiger partial charge in [0, 0.05) is 26.2 Å². The smallest absolute Gasteiger partial charge is 0.199 e. The molecule has 0 heterocycles. The zero-order valence-corrected chi connectivity index (χ0v) is 13.5. The lowest BCUT2D eigenvalue weighted by atomic mass is 10.1. The number of benzene rings is 1. The average molecular weight is 293 g/mol. The first kappa shape index (κ1) is 18.0. The molecule has 0 aliphatic heterocycles. The van der Waals surface area contributed by atoms with Gasteiger partial charge in [-0.2, -0.15) is 0 Å². The van der Waals surface area contributed by atoms with Gasteiger partial charge in [0.1, 0.15) is 5.75 Å². The van der Waals surface area contributed by atoms with Crippen molar-refractivity contribution in [1.82, 2.24) is 0 Å². The van der Waals surface area contributed by atoms with Crippen LogP contribution in [0.3, 0.4) is 0 Å². The van der Waals surface area contributed by atoms with Crippen LogP contribution in [0.2, 0.25) is 0 Å². The van der Waals surface area contributed by atoms with E-state index in [4.69, 9.17) is 14.2 Å². The van der Waals surface area contributed by atoms with Gasteiger partial charge in [0.25, 0.3) is 0 Å². The van der Waals surface area contributed by atoms with Crippen LogP contribution in [0.5, 0.6) is 5.75 Å². The molecule has 1 rings (SSSR count). The van der Waals surface area contributed by atoms with Gasteiger partial charge in [-0.25, -0.2) is 0 Å². The maximum atomic E-state index is 5.85. The Morgan fingerprint density at radius 1 is 0.952 bits per heavy atom. The Kier molecular flexibility index (Phi) is 10.8. The fraction of sp³-hybridized carbons (Fsp3) is 0.667. The van der Waals surface area contributed by atoms with Crippen molar-refractivity contribution in [2.24, 2.45) is 0 Å². The second kappa shape index (κ2) is 12.7. The van der Waals surface area contributed by atoms with E-state index < -0.39 is 0 Å². The summed E-state index contributed by atoms with van der Waals surface area (Å²) in [5.74, 6) is 0.851. The SMILES string of the molecule is CCOCCCCCCCC(OCC)Oc1cc[c]cc1. The molecule has 0 spiro atoms. The normalized spacial score (nSPS) is 12.3. The number of hydrogen-bond donors (Lipinski definition) is 0. The fourth-order valence-corrected chi connectivity index (χ4v) is 2.15. The lowest BCUT2D eigenvalue weighted by Gasteiger charge is -2.18. The molecule has 0 N–H and O–H groups in total. The van der Waals surface area contributed by atoms with Crippen molar-refractivity contribution in [2.75, 3.05) is 19.8 Å². The predicted molar refractivity (Wildman–Crippen MR) is 85.5 cm³/mol. The van der Waals surface area contributed by atoms with Crippen molar-refractivity contribution >= 4 is 0 Å². The third-order valence-electron chi connectivity index (χ3n) is 3.24. The van der Waals surface area contributed by atoms with Crippen LogP contribution >= 0.6 is 0 Å². The van der Waals surface area contributed by atoms with Crippen molar-refractivity contribution in [3.8, 4) is 5.75 Å². The van der Waals surface area contributed by atoms with Gasteiger partial charge in [-0.3, -0.25) is 0 Å². The third-order valence-corrected chi connectivity index (χ3v) is 3.24. The molecule has 119 valence electrons. The Morgan fingerprint density at radius 2 is 1.67 bits per heavy atom. The van der Waals surface area contributed by atoms with Crippen LogP contribution in [0.4, 0.5) is 0 Å². The van der Waals surface area contributed by atoms with E-state index in [-0.39, 0.29) is 6.29 Å². The van der Waals surface area contributed by atoms with E-state index in [1.807, 2.05) is 38.1 Å². The van der Waals surface area contributed by atoms with E-state index in [0.29, 0.717) is 6.61 Å². The molecular weight excluding hydrogens is 264 g/mol. The van der Waals surface area contributed by atoms with Gasteiger partial charge in [-0.1, -0.05) is 31.4 Å². The van der Waals surface area contributed by atoms with Crippen LogP contribution in [-0.2, 0) is 9.47 Å². The van der Waals surface area contributed by atoms with Crippen LogP contribution < -0.4 is 4.74 Å². The van der Waals surface area contributed by atoms with Crippen molar-refractivity contribution in [1.29, 1.82) is 0 Å². The summed E-state index contributed by atoms with van der Waals surface area (Å²) in [6.07, 6.45) is 6.83. The minimum absolute atomic E-state index is 0.138. The third kappa shape index (κ3) is 9.48. The van der Waals surface area contributed by atoms with Crippen LogP contribution in [0, 0.1) is 6.07 Å². The fourth-order valence-electron chi connectivity index (χ4n) is 2.15. The summed E-state index contributed by atoms with van der Waals surface area (Å²) < 4.78 is 16.8. The minimum atomic E-state index is -0.138. The zero-order valence-electron chi connectivity index (χ0n) is 13.5. The monoisotopic (exact) mass is 293 g/mol. The molecule has 3 nitrogen and oxygen atoms in total. The Morgan fingerprint density at radius 3 is 2.38 bits per heavy atom. The van der Waals surface area contributed by atoms with Crippen molar-refractivity contribution < 1.29 is 14.2 Å². The first-order chi connectivity index (χ1) is 10.4. The quantitative estimate of drug-likeness (QED) is 0.393. The lowest BCUT2D eigenvalue weighted by molar-refractivity contribution is -0.0808. The second-order valence-corrected chi connectivity index (χ2v) is 4.99. The summed E-state index contributed by atoms with van der Waals surface area (Å²) in [6, 6.07) is 10.5. The molecule has 0 saturated carbocycles. The Balaban J connectivity index is 2.11. The molecular formula is C18H29O3. The van der Waals surface area contributed by atoms with Gasteiger partial charge in [-0.05, 0) is 44.9 Å². The zero-order chi connectivity index (χ0) is 15.2. The molecule has 1 aromatic carbocycles. The number of hydrogen-bond acceptors (Lipinski definition) is 3. The summed E-state index contributed by atoms with van der Waals surface area (Å²) in [5.41, 5.74) is 0. The molecule has 21 heavy (non-hydrogen) atoms. The molecule has 0 aliphatic carbocycles. The van der Waals surface area contributed by atoms with Gasteiger partial charge in [0.15, 0.2) is 6.29 Å². The molecule has 0 bridgehead atoms. The Labute approximate surface area is 129 Å². The maximum Gasteiger partial charge on any atom is 0.199 e. The average Bonchev–Trinajstić information content (AvgIpc) is 2.51. The number of ether oxygens (including phenoxy) is 3. The lowest BCUT2D eigenvalue weighted by Crippen LogP contribution is -2.20. The highest BCUT2D eigenvalue weighted by Gasteiger charge is 2.09. The first-order valence-electron chi connectivity index (χ1n) is 8.19. The largest absolute Gasteiger partial charge is 0.465 e. The topological polar surface area (TPSA) is 27.7 Å². The standard InChI is InChI=1S/C18H29O3/c1-3-19-16-12-7-5-6-11-15-18(20-4-2)21-17-13-9-8-10-14-17/h9-10,13-14,18H,3-7,11-12,15-16H2,1-2H3. The van der Waals surface area contributed by atoms with E-state index in [9.17, 15) is 0 Å². The molecule has 1 atom stereocenters. The minimum Gasteiger partial charge on any atom is -0.465 e. The van der Waals surface area contributed by atoms with Crippen molar-refractivity contribution in [2.45, 2.75) is 58.7 Å². The van der Waals surface area contributed by atoms with Crippen molar-refractivity contribution in [3.63, 3.8) is 0 Å². The Hall–Kier alpha value is -1.06. The van der Waals surface area contributed by atoms with E-state index in [1.54, 1.807) is 0 Å².